The molecule has 0 amide bonds. The lowest BCUT2D eigenvalue weighted by molar-refractivity contribution is 0.229. The Hall–Kier alpha value is -1.91. The van der Waals surface area contributed by atoms with Gasteiger partial charge in [0.1, 0.15) is 5.82 Å². The average molecular weight is 337 g/mol. The van der Waals surface area contributed by atoms with Gasteiger partial charge in [0, 0.05) is 43.3 Å². The summed E-state index contributed by atoms with van der Waals surface area (Å²) in [6.45, 7) is 3.26. The number of thiophene rings is 1. The maximum absolute atomic E-state index is 4.42. The maximum atomic E-state index is 4.42. The minimum absolute atomic E-state index is 0.724. The Kier molecular flexibility index (Phi) is 4.50. The van der Waals surface area contributed by atoms with Crippen molar-refractivity contribution in [2.75, 3.05) is 13.6 Å². The van der Waals surface area contributed by atoms with Crippen LogP contribution in [0.1, 0.15) is 17.8 Å². The van der Waals surface area contributed by atoms with E-state index in [-0.39, 0.29) is 0 Å². The molecule has 0 saturated heterocycles. The number of aromatic nitrogens is 2. The Morgan fingerprint density at radius 2 is 2.12 bits per heavy atom. The van der Waals surface area contributed by atoms with Crippen molar-refractivity contribution in [2.24, 2.45) is 5.92 Å². The van der Waals surface area contributed by atoms with Gasteiger partial charge in [0.15, 0.2) is 0 Å². The van der Waals surface area contributed by atoms with Crippen LogP contribution in [0.4, 0.5) is 0 Å². The van der Waals surface area contributed by atoms with Gasteiger partial charge in [0.05, 0.1) is 0 Å². The SMILES string of the molecule is CN(Cc1ccc(-c2cccs2)cc1)CC1CCc2nccn2C1. The Labute approximate surface area is 147 Å². The molecule has 4 rings (SSSR count). The molecule has 2 aromatic heterocycles. The largest absolute Gasteiger partial charge is 0.335 e. The highest BCUT2D eigenvalue weighted by atomic mass is 32.1. The molecule has 1 atom stereocenters. The quantitative estimate of drug-likeness (QED) is 0.692. The first kappa shape index (κ1) is 15.6. The fraction of sp³-hybridized carbons (Fsp3) is 0.350. The number of hydrogen-bond acceptors (Lipinski definition) is 3. The zero-order valence-electron chi connectivity index (χ0n) is 14.1. The first-order valence-corrected chi connectivity index (χ1v) is 9.47. The Morgan fingerprint density at radius 1 is 1.25 bits per heavy atom. The molecular formula is C20H23N3S. The van der Waals surface area contributed by atoms with Crippen molar-refractivity contribution in [1.82, 2.24) is 14.5 Å². The van der Waals surface area contributed by atoms with Crippen LogP contribution in [0, 0.1) is 5.92 Å². The molecule has 3 heterocycles. The van der Waals surface area contributed by atoms with Crippen molar-refractivity contribution in [3.05, 3.63) is 65.6 Å². The summed E-state index contributed by atoms with van der Waals surface area (Å²) in [5.74, 6) is 1.97. The molecule has 1 aromatic carbocycles. The summed E-state index contributed by atoms with van der Waals surface area (Å²) in [6.07, 6.45) is 6.40. The van der Waals surface area contributed by atoms with E-state index in [2.05, 4.69) is 69.5 Å². The number of hydrogen-bond donors (Lipinski definition) is 0. The predicted octanol–water partition coefficient (Wildman–Crippen LogP) is 4.31. The van der Waals surface area contributed by atoms with E-state index in [1.807, 2.05) is 6.20 Å². The highest BCUT2D eigenvalue weighted by molar-refractivity contribution is 7.13. The van der Waals surface area contributed by atoms with Gasteiger partial charge in [-0.15, -0.1) is 11.3 Å². The number of fused-ring (bicyclic) bond motifs is 1. The first-order chi connectivity index (χ1) is 11.8. The standard InChI is InChI=1S/C20H23N3S/c1-22(14-17-6-9-20-21-10-11-23(20)15-17)13-16-4-7-18(8-5-16)19-3-2-12-24-19/h2-5,7-8,10-12,17H,6,9,13-15H2,1H3. The molecule has 0 saturated carbocycles. The molecular weight excluding hydrogens is 314 g/mol. The Bertz CT molecular complexity index is 774. The summed E-state index contributed by atoms with van der Waals surface area (Å²) in [4.78, 5) is 8.21. The summed E-state index contributed by atoms with van der Waals surface area (Å²) in [7, 11) is 2.23. The van der Waals surface area contributed by atoms with E-state index >= 15 is 0 Å². The van der Waals surface area contributed by atoms with E-state index < -0.39 is 0 Å². The smallest absolute Gasteiger partial charge is 0.108 e. The molecule has 0 radical (unpaired) electrons. The van der Waals surface area contributed by atoms with E-state index in [4.69, 9.17) is 0 Å². The minimum Gasteiger partial charge on any atom is -0.335 e. The normalized spacial score (nSPS) is 17.2. The maximum Gasteiger partial charge on any atom is 0.108 e. The van der Waals surface area contributed by atoms with Crippen LogP contribution in [0.15, 0.2) is 54.2 Å². The van der Waals surface area contributed by atoms with Crippen LogP contribution in [-0.4, -0.2) is 28.0 Å². The van der Waals surface area contributed by atoms with Gasteiger partial charge in [0.2, 0.25) is 0 Å². The van der Waals surface area contributed by atoms with Crippen LogP contribution in [-0.2, 0) is 19.5 Å². The molecule has 1 aliphatic heterocycles. The molecule has 124 valence electrons. The highest BCUT2D eigenvalue weighted by Crippen LogP contribution is 2.25. The minimum atomic E-state index is 0.724. The highest BCUT2D eigenvalue weighted by Gasteiger charge is 2.20. The number of imidazole rings is 1. The lowest BCUT2D eigenvalue weighted by atomic mass is 9.98. The van der Waals surface area contributed by atoms with E-state index in [1.54, 1.807) is 11.3 Å². The van der Waals surface area contributed by atoms with E-state index in [0.717, 1.165) is 32.0 Å². The van der Waals surface area contributed by atoms with E-state index in [1.165, 1.54) is 28.2 Å². The summed E-state index contributed by atoms with van der Waals surface area (Å²) < 4.78 is 2.32. The van der Waals surface area contributed by atoms with Crippen LogP contribution in [0.5, 0.6) is 0 Å². The van der Waals surface area contributed by atoms with E-state index in [9.17, 15) is 0 Å². The second-order valence-corrected chi connectivity index (χ2v) is 7.72. The van der Waals surface area contributed by atoms with Crippen LogP contribution >= 0.6 is 11.3 Å². The zero-order chi connectivity index (χ0) is 16.4. The number of benzene rings is 1. The molecule has 3 aromatic rings. The number of rotatable bonds is 5. The summed E-state index contributed by atoms with van der Waals surface area (Å²) in [5.41, 5.74) is 2.70. The second kappa shape index (κ2) is 6.91. The summed E-state index contributed by atoms with van der Waals surface area (Å²) in [5, 5.41) is 2.13. The molecule has 0 N–H and O–H groups in total. The van der Waals surface area contributed by atoms with Crippen molar-refractivity contribution in [3.8, 4) is 10.4 Å². The number of aryl methyl sites for hydroxylation is 1. The van der Waals surface area contributed by atoms with Crippen molar-refractivity contribution in [3.63, 3.8) is 0 Å². The third-order valence-corrected chi connectivity index (χ3v) is 5.73. The molecule has 0 bridgehead atoms. The monoisotopic (exact) mass is 337 g/mol. The van der Waals surface area contributed by atoms with Crippen molar-refractivity contribution in [1.29, 1.82) is 0 Å². The molecule has 4 heteroatoms. The molecule has 0 fully saturated rings. The van der Waals surface area contributed by atoms with Gasteiger partial charge in [0.25, 0.3) is 0 Å². The Balaban J connectivity index is 1.34. The Morgan fingerprint density at radius 3 is 2.92 bits per heavy atom. The number of nitrogens with zero attached hydrogens (tertiary/aromatic N) is 3. The van der Waals surface area contributed by atoms with E-state index in [0.29, 0.717) is 0 Å². The molecule has 1 aliphatic rings. The fourth-order valence-electron chi connectivity index (χ4n) is 3.62. The van der Waals surface area contributed by atoms with Gasteiger partial charge < -0.3 is 9.47 Å². The predicted molar refractivity (Wildman–Crippen MR) is 100 cm³/mol. The molecule has 3 nitrogen and oxygen atoms in total. The fourth-order valence-corrected chi connectivity index (χ4v) is 4.35. The summed E-state index contributed by atoms with van der Waals surface area (Å²) in [6, 6.07) is 13.3. The van der Waals surface area contributed by atoms with Gasteiger partial charge in [-0.2, -0.15) is 0 Å². The van der Waals surface area contributed by atoms with Crippen molar-refractivity contribution >= 4 is 11.3 Å². The third-order valence-electron chi connectivity index (χ3n) is 4.81. The lowest BCUT2D eigenvalue weighted by Crippen LogP contribution is -2.31. The second-order valence-electron chi connectivity index (χ2n) is 6.77. The van der Waals surface area contributed by atoms with Crippen LogP contribution in [0.2, 0.25) is 0 Å². The van der Waals surface area contributed by atoms with Crippen molar-refractivity contribution in [2.45, 2.75) is 25.9 Å². The first-order valence-electron chi connectivity index (χ1n) is 8.59. The van der Waals surface area contributed by atoms with Gasteiger partial charge in [-0.05, 0) is 42.0 Å². The van der Waals surface area contributed by atoms with Crippen molar-refractivity contribution < 1.29 is 0 Å². The zero-order valence-corrected chi connectivity index (χ0v) is 14.9. The molecule has 1 unspecified atom stereocenters. The summed E-state index contributed by atoms with van der Waals surface area (Å²) >= 11 is 1.80. The van der Waals surface area contributed by atoms with Gasteiger partial charge in [-0.1, -0.05) is 30.3 Å². The van der Waals surface area contributed by atoms with Crippen LogP contribution in [0.3, 0.4) is 0 Å². The lowest BCUT2D eigenvalue weighted by Gasteiger charge is -2.28. The van der Waals surface area contributed by atoms with Gasteiger partial charge in [-0.3, -0.25) is 0 Å². The van der Waals surface area contributed by atoms with Crippen LogP contribution < -0.4 is 0 Å². The van der Waals surface area contributed by atoms with Gasteiger partial charge in [-0.25, -0.2) is 4.98 Å². The molecule has 24 heavy (non-hydrogen) atoms. The molecule has 0 spiro atoms. The molecule has 0 aliphatic carbocycles. The average Bonchev–Trinajstić information content (AvgIpc) is 3.26. The van der Waals surface area contributed by atoms with Crippen LogP contribution in [0.25, 0.3) is 10.4 Å². The van der Waals surface area contributed by atoms with Gasteiger partial charge >= 0.3 is 0 Å². The topological polar surface area (TPSA) is 21.1 Å². The third kappa shape index (κ3) is 3.45.